The Morgan fingerprint density at radius 2 is 2.04 bits per heavy atom. The molecule has 27 heavy (non-hydrogen) atoms. The van der Waals surface area contributed by atoms with Crippen LogP contribution in [0.2, 0.25) is 0 Å². The predicted octanol–water partition coefficient (Wildman–Crippen LogP) is 4.06. The van der Waals surface area contributed by atoms with Gasteiger partial charge in [-0.2, -0.15) is 0 Å². The number of fused-ring (bicyclic) bond motifs is 1. The number of furan rings is 1. The summed E-state index contributed by atoms with van der Waals surface area (Å²) in [5.74, 6) is 0.0713. The highest BCUT2D eigenvalue weighted by Crippen LogP contribution is 2.26. The van der Waals surface area contributed by atoms with Crippen molar-refractivity contribution in [2.24, 2.45) is 0 Å². The fourth-order valence-electron chi connectivity index (χ4n) is 3.62. The summed E-state index contributed by atoms with van der Waals surface area (Å²) in [7, 11) is 0. The fourth-order valence-corrected chi connectivity index (χ4v) is 4.32. The molecule has 1 fully saturated rings. The maximum Gasteiger partial charge on any atom is 0.293 e. The monoisotopic (exact) mass is 385 g/mol. The summed E-state index contributed by atoms with van der Waals surface area (Å²) in [6.07, 6.45) is 0.449. The molecule has 2 unspecified atom stereocenters. The van der Waals surface area contributed by atoms with E-state index < -0.39 is 0 Å². The normalized spacial score (nSPS) is 20.9. The van der Waals surface area contributed by atoms with Crippen molar-refractivity contribution in [3.05, 3.63) is 46.7 Å². The van der Waals surface area contributed by atoms with Gasteiger partial charge in [-0.3, -0.25) is 15.0 Å². The number of hydrogen-bond acceptors (Lipinski definition) is 6. The second-order valence-electron chi connectivity index (χ2n) is 7.10. The highest BCUT2D eigenvalue weighted by atomic mass is 32.1. The maximum absolute atomic E-state index is 12.6. The minimum absolute atomic E-state index is 0.225. The molecule has 0 spiro atoms. The Kier molecular flexibility index (Phi) is 4.99. The van der Waals surface area contributed by atoms with E-state index in [9.17, 15) is 4.79 Å². The summed E-state index contributed by atoms with van der Waals surface area (Å²) in [5.41, 5.74) is 2.52. The Labute approximate surface area is 162 Å². The van der Waals surface area contributed by atoms with E-state index in [-0.39, 0.29) is 18.1 Å². The van der Waals surface area contributed by atoms with Crippen molar-refractivity contribution in [3.63, 3.8) is 0 Å². The highest BCUT2D eigenvalue weighted by molar-refractivity contribution is 7.13. The molecule has 1 saturated heterocycles. The van der Waals surface area contributed by atoms with Gasteiger partial charge in [-0.25, -0.2) is 4.98 Å². The molecule has 0 aliphatic carbocycles. The van der Waals surface area contributed by atoms with E-state index in [0.717, 1.165) is 41.9 Å². The lowest BCUT2D eigenvalue weighted by atomic mass is 10.1. The number of carbonyl (C=O) groups excluding carboxylic acids is 1. The van der Waals surface area contributed by atoms with Crippen LogP contribution >= 0.6 is 11.3 Å². The molecular weight excluding hydrogens is 362 g/mol. The number of amides is 1. The van der Waals surface area contributed by atoms with Crippen molar-refractivity contribution in [1.29, 1.82) is 0 Å². The first-order chi connectivity index (χ1) is 13.0. The molecule has 1 N–H and O–H groups in total. The number of carbonyl (C=O) groups is 1. The van der Waals surface area contributed by atoms with Gasteiger partial charge >= 0.3 is 0 Å². The van der Waals surface area contributed by atoms with E-state index in [0.29, 0.717) is 10.9 Å². The van der Waals surface area contributed by atoms with Gasteiger partial charge in [0.25, 0.3) is 5.91 Å². The molecular formula is C20H23N3O3S. The molecule has 1 amide bonds. The first kappa shape index (κ1) is 18.2. The Balaban J connectivity index is 1.44. The number of hydrogen-bond donors (Lipinski definition) is 1. The molecule has 0 saturated carbocycles. The number of aryl methyl sites for hydroxylation is 1. The molecule has 3 aromatic rings. The van der Waals surface area contributed by atoms with Crippen molar-refractivity contribution in [1.82, 2.24) is 9.88 Å². The lowest BCUT2D eigenvalue weighted by Gasteiger charge is -2.34. The Hall–Kier alpha value is -2.22. The van der Waals surface area contributed by atoms with Crippen LogP contribution in [0, 0.1) is 6.92 Å². The van der Waals surface area contributed by atoms with Gasteiger partial charge in [-0.1, -0.05) is 18.2 Å². The number of morpholine rings is 1. The number of nitrogens with zero attached hydrogens (tertiary/aromatic N) is 2. The topological polar surface area (TPSA) is 67.6 Å². The zero-order valence-corrected chi connectivity index (χ0v) is 16.5. The molecule has 1 aromatic carbocycles. The van der Waals surface area contributed by atoms with E-state index in [1.165, 1.54) is 11.3 Å². The number of para-hydroxylation sites is 1. The molecule has 3 heterocycles. The van der Waals surface area contributed by atoms with E-state index in [4.69, 9.17) is 9.15 Å². The van der Waals surface area contributed by atoms with Gasteiger partial charge in [0, 0.05) is 36.0 Å². The zero-order valence-electron chi connectivity index (χ0n) is 15.7. The molecule has 2 aromatic heterocycles. The van der Waals surface area contributed by atoms with Crippen molar-refractivity contribution in [2.45, 2.75) is 39.5 Å². The summed E-state index contributed by atoms with van der Waals surface area (Å²) >= 11 is 1.43. The van der Waals surface area contributed by atoms with E-state index >= 15 is 0 Å². The smallest absolute Gasteiger partial charge is 0.293 e. The van der Waals surface area contributed by atoms with Gasteiger partial charge < -0.3 is 9.15 Å². The lowest BCUT2D eigenvalue weighted by molar-refractivity contribution is -0.0707. The number of anilines is 1. The van der Waals surface area contributed by atoms with Gasteiger partial charge in [0.1, 0.15) is 5.58 Å². The number of rotatable bonds is 4. The molecule has 0 radical (unpaired) electrons. The number of thiazole rings is 1. The van der Waals surface area contributed by atoms with Crippen LogP contribution in [0.3, 0.4) is 0 Å². The van der Waals surface area contributed by atoms with Crippen LogP contribution in [-0.2, 0) is 11.3 Å². The fraction of sp³-hybridized carbons (Fsp3) is 0.400. The molecule has 4 rings (SSSR count). The van der Waals surface area contributed by atoms with E-state index in [2.05, 4.69) is 29.0 Å². The maximum atomic E-state index is 12.6. The van der Waals surface area contributed by atoms with Crippen LogP contribution in [0.15, 0.2) is 34.1 Å². The predicted molar refractivity (Wildman–Crippen MR) is 106 cm³/mol. The second kappa shape index (κ2) is 7.42. The Bertz CT molecular complexity index is 954. The Morgan fingerprint density at radius 3 is 2.78 bits per heavy atom. The summed E-state index contributed by atoms with van der Waals surface area (Å²) in [5, 5.41) is 6.40. The SMILES string of the molecule is Cc1c(C(=O)Nc2nc(CN3CC(C)OC(C)C3)cs2)oc2ccccc12. The van der Waals surface area contributed by atoms with Crippen molar-refractivity contribution in [2.75, 3.05) is 18.4 Å². The number of nitrogens with one attached hydrogen (secondary N) is 1. The summed E-state index contributed by atoms with van der Waals surface area (Å²) in [4.78, 5) is 19.5. The molecule has 7 heteroatoms. The van der Waals surface area contributed by atoms with Gasteiger partial charge in [0.15, 0.2) is 10.9 Å². The first-order valence-corrected chi connectivity index (χ1v) is 9.99. The largest absolute Gasteiger partial charge is 0.451 e. The van der Waals surface area contributed by atoms with Gasteiger partial charge in [0.2, 0.25) is 0 Å². The van der Waals surface area contributed by atoms with Gasteiger partial charge in [0.05, 0.1) is 17.9 Å². The van der Waals surface area contributed by atoms with Crippen LogP contribution in [0.4, 0.5) is 5.13 Å². The molecule has 2 atom stereocenters. The van der Waals surface area contributed by atoms with Gasteiger partial charge in [-0.15, -0.1) is 11.3 Å². The molecule has 1 aliphatic heterocycles. The second-order valence-corrected chi connectivity index (χ2v) is 7.96. The molecule has 1 aliphatic rings. The average Bonchev–Trinajstić information content (AvgIpc) is 3.19. The number of benzene rings is 1. The van der Waals surface area contributed by atoms with Crippen molar-refractivity contribution in [3.8, 4) is 0 Å². The highest BCUT2D eigenvalue weighted by Gasteiger charge is 2.23. The van der Waals surface area contributed by atoms with Gasteiger partial charge in [-0.05, 0) is 26.8 Å². The zero-order chi connectivity index (χ0) is 19.0. The lowest BCUT2D eigenvalue weighted by Crippen LogP contribution is -2.44. The van der Waals surface area contributed by atoms with Crippen molar-refractivity contribution >= 4 is 33.3 Å². The molecule has 0 bridgehead atoms. The third kappa shape index (κ3) is 3.90. The van der Waals surface area contributed by atoms with Crippen LogP contribution in [0.25, 0.3) is 11.0 Å². The quantitative estimate of drug-likeness (QED) is 0.734. The Morgan fingerprint density at radius 1 is 1.30 bits per heavy atom. The third-order valence-corrected chi connectivity index (χ3v) is 5.51. The summed E-state index contributed by atoms with van der Waals surface area (Å²) in [6.45, 7) is 8.61. The van der Waals surface area contributed by atoms with Crippen LogP contribution in [0.1, 0.15) is 35.7 Å². The first-order valence-electron chi connectivity index (χ1n) is 9.11. The summed E-state index contributed by atoms with van der Waals surface area (Å²) < 4.78 is 11.5. The third-order valence-electron chi connectivity index (χ3n) is 4.70. The van der Waals surface area contributed by atoms with Crippen LogP contribution in [-0.4, -0.2) is 41.1 Å². The molecule has 6 nitrogen and oxygen atoms in total. The summed E-state index contributed by atoms with van der Waals surface area (Å²) in [6, 6.07) is 7.65. The minimum atomic E-state index is -0.266. The molecule has 142 valence electrons. The van der Waals surface area contributed by atoms with Crippen LogP contribution in [0.5, 0.6) is 0 Å². The van der Waals surface area contributed by atoms with E-state index in [1.54, 1.807) is 0 Å². The number of aromatic nitrogens is 1. The standard InChI is InChI=1S/C20H23N3O3S/c1-12-8-23(9-13(2)25-12)10-15-11-27-20(21-15)22-19(24)18-14(3)16-6-4-5-7-17(16)26-18/h4-7,11-13H,8-10H2,1-3H3,(H,21,22,24). The average molecular weight is 385 g/mol. The number of ether oxygens (including phenoxy) is 1. The van der Waals surface area contributed by atoms with E-state index in [1.807, 2.05) is 36.6 Å². The van der Waals surface area contributed by atoms with Crippen molar-refractivity contribution < 1.29 is 13.9 Å². The minimum Gasteiger partial charge on any atom is -0.451 e. The van der Waals surface area contributed by atoms with Crippen LogP contribution < -0.4 is 5.32 Å².